The number of nitrogens with one attached hydrogen (secondary N) is 3. The van der Waals surface area contributed by atoms with Gasteiger partial charge in [-0.25, -0.2) is 8.78 Å². The van der Waals surface area contributed by atoms with E-state index in [4.69, 9.17) is 4.74 Å². The Morgan fingerprint density at radius 2 is 1.67 bits per heavy atom. The Balaban J connectivity index is 1.70. The number of benzene rings is 2. The third-order valence-electron chi connectivity index (χ3n) is 3.81. The molecular weight excluding hydrogens is 400 g/mol. The monoisotopic (exact) mass is 419 g/mol. The number of hydrogen-bond donors (Lipinski definition) is 3. The minimum Gasteiger partial charge on any atom is -0.456 e. The molecule has 8 nitrogen and oxygen atoms in total. The van der Waals surface area contributed by atoms with E-state index in [1.165, 1.54) is 31.3 Å². The number of halogens is 2. The number of ether oxygens (including phenoxy) is 1. The summed E-state index contributed by atoms with van der Waals surface area (Å²) >= 11 is 0. The summed E-state index contributed by atoms with van der Waals surface area (Å²) in [7, 11) is 1.50. The fourth-order valence-corrected chi connectivity index (χ4v) is 2.31. The standard InChI is InChI=1S/C20H19F2N3O5/c1-23-19(28)12-2-5-14(6-3-12)25-17(26)11-30-18(27)8-9-24-20(29)15-7-4-13(21)10-16(15)22/h2-7,10H,8-9,11H2,1H3,(H,23,28)(H,24,29)(H,25,26). The number of carbonyl (C=O) groups excluding carboxylic acids is 4. The lowest BCUT2D eigenvalue weighted by Crippen LogP contribution is -2.28. The first kappa shape index (κ1) is 22.5. The molecule has 0 unspecified atom stereocenters. The van der Waals surface area contributed by atoms with Crippen molar-refractivity contribution in [3.63, 3.8) is 0 Å². The molecule has 3 N–H and O–H groups in total. The van der Waals surface area contributed by atoms with E-state index in [0.29, 0.717) is 17.3 Å². The molecule has 0 aliphatic carbocycles. The van der Waals surface area contributed by atoms with Gasteiger partial charge in [0.1, 0.15) is 11.6 Å². The highest BCUT2D eigenvalue weighted by Gasteiger charge is 2.13. The molecule has 0 heterocycles. The summed E-state index contributed by atoms with van der Waals surface area (Å²) < 4.78 is 31.1. The van der Waals surface area contributed by atoms with Gasteiger partial charge in [-0.15, -0.1) is 0 Å². The molecule has 10 heteroatoms. The molecule has 0 saturated carbocycles. The van der Waals surface area contributed by atoms with Gasteiger partial charge in [0.25, 0.3) is 17.7 Å². The van der Waals surface area contributed by atoms with Gasteiger partial charge >= 0.3 is 5.97 Å². The predicted octanol–water partition coefficient (Wildman–Crippen LogP) is 1.63. The minimum atomic E-state index is -1.02. The van der Waals surface area contributed by atoms with Crippen LogP contribution in [0.5, 0.6) is 0 Å². The maximum Gasteiger partial charge on any atom is 0.308 e. The largest absolute Gasteiger partial charge is 0.456 e. The molecule has 2 aromatic carbocycles. The number of rotatable bonds is 8. The molecule has 0 aliphatic heterocycles. The van der Waals surface area contributed by atoms with Crippen LogP contribution in [-0.4, -0.2) is 43.9 Å². The molecule has 2 aromatic rings. The molecule has 0 atom stereocenters. The van der Waals surface area contributed by atoms with Crippen LogP contribution in [0.25, 0.3) is 0 Å². The highest BCUT2D eigenvalue weighted by atomic mass is 19.1. The van der Waals surface area contributed by atoms with E-state index in [1.807, 2.05) is 0 Å². The zero-order valence-electron chi connectivity index (χ0n) is 16.0. The second kappa shape index (κ2) is 10.6. The second-order valence-electron chi connectivity index (χ2n) is 6.00. The van der Waals surface area contributed by atoms with Gasteiger partial charge in [-0.2, -0.15) is 0 Å². The molecular formula is C20H19F2N3O5. The molecule has 3 amide bonds. The lowest BCUT2D eigenvalue weighted by Gasteiger charge is -2.08. The van der Waals surface area contributed by atoms with Crippen LogP contribution in [0.3, 0.4) is 0 Å². The minimum absolute atomic E-state index is 0.156. The summed E-state index contributed by atoms with van der Waals surface area (Å²) in [6, 6.07) is 8.59. The van der Waals surface area contributed by atoms with Crippen LogP contribution in [0.4, 0.5) is 14.5 Å². The molecule has 0 radical (unpaired) electrons. The van der Waals surface area contributed by atoms with Crippen molar-refractivity contribution < 1.29 is 32.7 Å². The number of carbonyl (C=O) groups is 4. The van der Waals surface area contributed by atoms with Crippen LogP contribution < -0.4 is 16.0 Å². The van der Waals surface area contributed by atoms with Crippen molar-refractivity contribution in [2.24, 2.45) is 0 Å². The third kappa shape index (κ3) is 6.66. The van der Waals surface area contributed by atoms with Gasteiger partial charge in [0.15, 0.2) is 6.61 Å². The third-order valence-corrected chi connectivity index (χ3v) is 3.81. The van der Waals surface area contributed by atoms with Gasteiger partial charge in [-0.05, 0) is 36.4 Å². The Morgan fingerprint density at radius 3 is 2.30 bits per heavy atom. The molecule has 0 aliphatic rings. The van der Waals surface area contributed by atoms with Crippen molar-refractivity contribution in [3.8, 4) is 0 Å². The van der Waals surface area contributed by atoms with E-state index in [-0.39, 0.29) is 24.4 Å². The Hall–Kier alpha value is -3.82. The maximum absolute atomic E-state index is 13.5. The molecule has 0 aromatic heterocycles. The average Bonchev–Trinajstić information content (AvgIpc) is 2.72. The van der Waals surface area contributed by atoms with Crippen LogP contribution in [-0.2, 0) is 14.3 Å². The zero-order chi connectivity index (χ0) is 22.1. The first-order valence-electron chi connectivity index (χ1n) is 8.81. The molecule has 2 rings (SSSR count). The van der Waals surface area contributed by atoms with Crippen LogP contribution in [0, 0.1) is 11.6 Å². The van der Waals surface area contributed by atoms with Crippen molar-refractivity contribution >= 4 is 29.4 Å². The van der Waals surface area contributed by atoms with Crippen molar-refractivity contribution in [2.75, 3.05) is 25.5 Å². The summed E-state index contributed by atoms with van der Waals surface area (Å²) in [6.07, 6.45) is -0.247. The van der Waals surface area contributed by atoms with Crippen molar-refractivity contribution in [2.45, 2.75) is 6.42 Å². The first-order valence-corrected chi connectivity index (χ1v) is 8.81. The lowest BCUT2D eigenvalue weighted by molar-refractivity contribution is -0.147. The van der Waals surface area contributed by atoms with E-state index >= 15 is 0 Å². The van der Waals surface area contributed by atoms with Crippen molar-refractivity contribution in [3.05, 3.63) is 65.2 Å². The zero-order valence-corrected chi connectivity index (χ0v) is 16.0. The predicted molar refractivity (Wildman–Crippen MR) is 103 cm³/mol. The summed E-state index contributed by atoms with van der Waals surface area (Å²) in [4.78, 5) is 46.7. The topological polar surface area (TPSA) is 114 Å². The molecule has 0 spiro atoms. The van der Waals surface area contributed by atoms with Gasteiger partial charge < -0.3 is 20.7 Å². The quantitative estimate of drug-likeness (QED) is 0.563. The van der Waals surface area contributed by atoms with Gasteiger partial charge in [0.05, 0.1) is 12.0 Å². The fraction of sp³-hybridized carbons (Fsp3) is 0.200. The maximum atomic E-state index is 13.5. The highest BCUT2D eigenvalue weighted by Crippen LogP contribution is 2.10. The highest BCUT2D eigenvalue weighted by molar-refractivity contribution is 5.96. The molecule has 0 fully saturated rings. The lowest BCUT2D eigenvalue weighted by atomic mass is 10.2. The van der Waals surface area contributed by atoms with Crippen molar-refractivity contribution in [1.29, 1.82) is 0 Å². The van der Waals surface area contributed by atoms with Crippen LogP contribution in [0.15, 0.2) is 42.5 Å². The Morgan fingerprint density at radius 1 is 0.967 bits per heavy atom. The van der Waals surface area contributed by atoms with Crippen molar-refractivity contribution in [1.82, 2.24) is 10.6 Å². The number of esters is 1. The summed E-state index contributed by atoms with van der Waals surface area (Å²) in [5.41, 5.74) is 0.480. The second-order valence-corrected chi connectivity index (χ2v) is 6.00. The average molecular weight is 419 g/mol. The summed E-state index contributed by atoms with van der Waals surface area (Å²) in [5, 5.41) is 7.27. The normalized spacial score (nSPS) is 10.1. The molecule has 30 heavy (non-hydrogen) atoms. The van der Waals surface area contributed by atoms with Gasteiger partial charge in [-0.1, -0.05) is 0 Å². The van der Waals surface area contributed by atoms with E-state index in [0.717, 1.165) is 12.1 Å². The SMILES string of the molecule is CNC(=O)c1ccc(NC(=O)COC(=O)CCNC(=O)c2ccc(F)cc2F)cc1. The van der Waals surface area contributed by atoms with E-state index in [1.54, 1.807) is 0 Å². The molecule has 0 saturated heterocycles. The molecule has 0 bridgehead atoms. The van der Waals surface area contributed by atoms with Gasteiger partial charge in [0, 0.05) is 30.9 Å². The molecule has 158 valence electrons. The van der Waals surface area contributed by atoms with E-state index in [9.17, 15) is 28.0 Å². The number of hydrogen-bond acceptors (Lipinski definition) is 5. The Bertz CT molecular complexity index is 948. The van der Waals surface area contributed by atoms with Gasteiger partial charge in [-0.3, -0.25) is 19.2 Å². The number of anilines is 1. The van der Waals surface area contributed by atoms with Crippen LogP contribution in [0.2, 0.25) is 0 Å². The Labute approximate surface area is 170 Å². The van der Waals surface area contributed by atoms with E-state index < -0.39 is 36.0 Å². The van der Waals surface area contributed by atoms with Crippen LogP contribution >= 0.6 is 0 Å². The van der Waals surface area contributed by atoms with Crippen LogP contribution in [0.1, 0.15) is 27.1 Å². The fourth-order valence-electron chi connectivity index (χ4n) is 2.31. The summed E-state index contributed by atoms with van der Waals surface area (Å²) in [6.45, 7) is -0.701. The van der Waals surface area contributed by atoms with Gasteiger partial charge in [0.2, 0.25) is 0 Å². The first-order chi connectivity index (χ1) is 14.3. The summed E-state index contributed by atoms with van der Waals surface area (Å²) in [5.74, 6) is -4.24. The number of amides is 3. The Kier molecular flexibility index (Phi) is 7.98. The van der Waals surface area contributed by atoms with E-state index in [2.05, 4.69) is 16.0 Å². The smallest absolute Gasteiger partial charge is 0.308 e.